The van der Waals surface area contributed by atoms with E-state index in [1.165, 1.54) is 12.8 Å². The summed E-state index contributed by atoms with van der Waals surface area (Å²) in [5.41, 5.74) is 0. The van der Waals surface area contributed by atoms with Crippen LogP contribution in [0.1, 0.15) is 26.2 Å². The number of carboxylic acid groups (broad SMARTS) is 1. The maximum atomic E-state index is 10.9. The first-order valence-corrected chi connectivity index (χ1v) is 6.43. The highest BCUT2D eigenvalue weighted by molar-refractivity contribution is 7.99. The third-order valence-electron chi connectivity index (χ3n) is 2.40. The minimum atomic E-state index is -0.706. The molecule has 0 heterocycles. The summed E-state index contributed by atoms with van der Waals surface area (Å²) in [5.74, 6) is 2.04. The largest absolute Gasteiger partial charge is 0.480 e. The van der Waals surface area contributed by atoms with Crippen LogP contribution in [-0.2, 0) is 4.79 Å². The first-order chi connectivity index (χ1) is 6.74. The molecule has 0 saturated heterocycles. The molecule has 1 aliphatic rings. The van der Waals surface area contributed by atoms with Crippen molar-refractivity contribution in [3.8, 4) is 0 Å². The highest BCUT2D eigenvalue weighted by Gasteiger charge is 2.24. The summed E-state index contributed by atoms with van der Waals surface area (Å²) >= 11 is 1.80. The molecule has 82 valence electrons. The Balaban J connectivity index is 2.12. The van der Waals surface area contributed by atoms with Gasteiger partial charge in [0.05, 0.1) is 0 Å². The van der Waals surface area contributed by atoms with Gasteiger partial charge in [-0.05, 0) is 43.2 Å². The van der Waals surface area contributed by atoms with Crippen molar-refractivity contribution in [3.63, 3.8) is 0 Å². The van der Waals surface area contributed by atoms with Crippen LogP contribution in [0.15, 0.2) is 0 Å². The van der Waals surface area contributed by atoms with E-state index in [0.717, 1.165) is 30.4 Å². The Morgan fingerprint density at radius 3 is 2.86 bits per heavy atom. The molecule has 0 aromatic carbocycles. The molecule has 0 aliphatic heterocycles. The van der Waals surface area contributed by atoms with Crippen molar-refractivity contribution < 1.29 is 9.90 Å². The van der Waals surface area contributed by atoms with Crippen molar-refractivity contribution >= 4 is 17.7 Å². The smallest absolute Gasteiger partial charge is 0.320 e. The van der Waals surface area contributed by atoms with E-state index in [9.17, 15) is 4.79 Å². The number of nitrogens with one attached hydrogen (secondary N) is 1. The van der Waals surface area contributed by atoms with Crippen LogP contribution >= 0.6 is 11.8 Å². The minimum Gasteiger partial charge on any atom is -0.480 e. The molecule has 0 spiro atoms. The van der Waals surface area contributed by atoms with E-state index in [1.807, 2.05) is 0 Å². The predicted octanol–water partition coefficient (Wildman–Crippen LogP) is 1.58. The van der Waals surface area contributed by atoms with Crippen LogP contribution < -0.4 is 5.32 Å². The lowest BCUT2D eigenvalue weighted by atomic mass is 10.2. The fourth-order valence-corrected chi connectivity index (χ4v) is 1.98. The van der Waals surface area contributed by atoms with Gasteiger partial charge in [-0.2, -0.15) is 11.8 Å². The molecule has 1 saturated carbocycles. The number of hydrogen-bond acceptors (Lipinski definition) is 3. The summed E-state index contributed by atoms with van der Waals surface area (Å²) in [7, 11) is 0. The van der Waals surface area contributed by atoms with Gasteiger partial charge in [-0.15, -0.1) is 0 Å². The van der Waals surface area contributed by atoms with Gasteiger partial charge in [0, 0.05) is 0 Å². The Morgan fingerprint density at radius 2 is 2.36 bits per heavy atom. The van der Waals surface area contributed by atoms with Gasteiger partial charge in [0.25, 0.3) is 0 Å². The molecule has 1 fully saturated rings. The molecule has 0 radical (unpaired) electrons. The zero-order valence-electron chi connectivity index (χ0n) is 8.66. The number of carbonyl (C=O) groups is 1. The van der Waals surface area contributed by atoms with Crippen molar-refractivity contribution in [2.24, 2.45) is 5.92 Å². The fourth-order valence-electron chi connectivity index (χ4n) is 1.29. The molecule has 1 rings (SSSR count). The maximum absolute atomic E-state index is 10.9. The van der Waals surface area contributed by atoms with E-state index in [0.29, 0.717) is 0 Å². The zero-order valence-corrected chi connectivity index (χ0v) is 9.48. The lowest BCUT2D eigenvalue weighted by Crippen LogP contribution is -2.38. The average molecular weight is 217 g/mol. The van der Waals surface area contributed by atoms with Crippen molar-refractivity contribution in [1.29, 1.82) is 0 Å². The number of aliphatic carboxylic acids is 1. The molecule has 3 nitrogen and oxygen atoms in total. The Hall–Kier alpha value is -0.220. The second-order valence-corrected chi connectivity index (χ2v) is 5.12. The third kappa shape index (κ3) is 4.86. The van der Waals surface area contributed by atoms with Gasteiger partial charge in [0.1, 0.15) is 6.04 Å². The van der Waals surface area contributed by atoms with Crippen LogP contribution in [0.2, 0.25) is 0 Å². The molecule has 0 aromatic heterocycles. The standard InChI is InChI=1S/C10H19NO2S/c1-2-14-6-5-9(10(12)13)11-7-8-3-4-8/h8-9,11H,2-7H2,1H3,(H,12,13). The molecule has 1 atom stereocenters. The van der Waals surface area contributed by atoms with Gasteiger partial charge in [0.15, 0.2) is 0 Å². The predicted molar refractivity (Wildman–Crippen MR) is 59.8 cm³/mol. The number of carboxylic acids is 1. The van der Waals surface area contributed by atoms with E-state index < -0.39 is 5.97 Å². The second kappa shape index (κ2) is 6.30. The normalized spacial score (nSPS) is 18.1. The zero-order chi connectivity index (χ0) is 10.4. The Kier molecular flexibility index (Phi) is 5.33. The number of hydrogen-bond donors (Lipinski definition) is 2. The third-order valence-corrected chi connectivity index (χ3v) is 3.34. The summed E-state index contributed by atoms with van der Waals surface area (Å²) in [4.78, 5) is 10.9. The van der Waals surface area contributed by atoms with E-state index in [-0.39, 0.29) is 6.04 Å². The lowest BCUT2D eigenvalue weighted by molar-refractivity contribution is -0.139. The molecule has 1 unspecified atom stereocenters. The first kappa shape index (κ1) is 11.9. The SMILES string of the molecule is CCSCCC(NCC1CC1)C(=O)O. The summed E-state index contributed by atoms with van der Waals surface area (Å²) in [5, 5.41) is 12.1. The monoisotopic (exact) mass is 217 g/mol. The second-order valence-electron chi connectivity index (χ2n) is 3.73. The van der Waals surface area contributed by atoms with Crippen LogP contribution in [0.25, 0.3) is 0 Å². The van der Waals surface area contributed by atoms with Gasteiger partial charge < -0.3 is 10.4 Å². The number of rotatable bonds is 8. The molecule has 0 amide bonds. The van der Waals surface area contributed by atoms with Gasteiger partial charge in [-0.25, -0.2) is 0 Å². The maximum Gasteiger partial charge on any atom is 0.320 e. The van der Waals surface area contributed by atoms with E-state index in [2.05, 4.69) is 12.2 Å². The summed E-state index contributed by atoms with van der Waals surface area (Å²) in [6.07, 6.45) is 3.27. The molecule has 1 aliphatic carbocycles. The van der Waals surface area contributed by atoms with E-state index in [1.54, 1.807) is 11.8 Å². The van der Waals surface area contributed by atoms with Gasteiger partial charge >= 0.3 is 5.97 Å². The topological polar surface area (TPSA) is 49.3 Å². The summed E-state index contributed by atoms with van der Waals surface area (Å²) in [6.45, 7) is 2.98. The van der Waals surface area contributed by atoms with Crippen LogP contribution in [0.3, 0.4) is 0 Å². The van der Waals surface area contributed by atoms with Crippen molar-refractivity contribution in [2.45, 2.75) is 32.2 Å². The van der Waals surface area contributed by atoms with Gasteiger partial charge in [0.2, 0.25) is 0 Å². The number of thioether (sulfide) groups is 1. The van der Waals surface area contributed by atoms with Crippen molar-refractivity contribution in [1.82, 2.24) is 5.32 Å². The van der Waals surface area contributed by atoms with E-state index in [4.69, 9.17) is 5.11 Å². The van der Waals surface area contributed by atoms with Gasteiger partial charge in [-0.3, -0.25) is 4.79 Å². The Morgan fingerprint density at radius 1 is 1.64 bits per heavy atom. The molecule has 4 heteroatoms. The summed E-state index contributed by atoms with van der Waals surface area (Å²) < 4.78 is 0. The van der Waals surface area contributed by atoms with Crippen LogP contribution in [0, 0.1) is 5.92 Å². The van der Waals surface area contributed by atoms with Crippen LogP contribution in [-0.4, -0.2) is 35.2 Å². The molecular weight excluding hydrogens is 198 g/mol. The highest BCUT2D eigenvalue weighted by Crippen LogP contribution is 2.27. The van der Waals surface area contributed by atoms with Crippen molar-refractivity contribution in [2.75, 3.05) is 18.1 Å². The Bertz CT molecular complexity index is 183. The summed E-state index contributed by atoms with van der Waals surface area (Å²) in [6, 6.07) is -0.338. The average Bonchev–Trinajstić information content (AvgIpc) is 2.94. The van der Waals surface area contributed by atoms with Gasteiger partial charge in [-0.1, -0.05) is 6.92 Å². The van der Waals surface area contributed by atoms with Crippen LogP contribution in [0.5, 0.6) is 0 Å². The molecule has 0 aromatic rings. The highest BCUT2D eigenvalue weighted by atomic mass is 32.2. The fraction of sp³-hybridized carbons (Fsp3) is 0.900. The first-order valence-electron chi connectivity index (χ1n) is 5.28. The molecular formula is C10H19NO2S. The lowest BCUT2D eigenvalue weighted by Gasteiger charge is -2.13. The molecule has 14 heavy (non-hydrogen) atoms. The Labute approximate surface area is 89.6 Å². The molecule has 2 N–H and O–H groups in total. The van der Waals surface area contributed by atoms with Crippen molar-refractivity contribution in [3.05, 3.63) is 0 Å². The van der Waals surface area contributed by atoms with E-state index >= 15 is 0 Å². The molecule has 0 bridgehead atoms. The quantitative estimate of drug-likeness (QED) is 0.606. The van der Waals surface area contributed by atoms with Crippen LogP contribution in [0.4, 0.5) is 0 Å². The minimum absolute atomic E-state index is 0.338.